The largest absolute Gasteiger partial charge is 0.138 e. The maximum atomic E-state index is 2.84. The van der Waals surface area contributed by atoms with Crippen molar-refractivity contribution in [1.82, 2.24) is 0 Å². The van der Waals surface area contributed by atoms with Gasteiger partial charge in [0.25, 0.3) is 0 Å². The quantitative estimate of drug-likeness (QED) is 0.288. The minimum absolute atomic E-state index is 0. The van der Waals surface area contributed by atoms with E-state index in [1.165, 1.54) is 76.8 Å². The predicted molar refractivity (Wildman–Crippen MR) is 90.5 cm³/mol. The zero-order valence-electron chi connectivity index (χ0n) is 12.0. The van der Waals surface area contributed by atoms with Crippen LogP contribution in [0, 0.1) is 5.92 Å². The van der Waals surface area contributed by atoms with Crippen LogP contribution in [0.1, 0.15) is 84.5 Å². The van der Waals surface area contributed by atoms with Gasteiger partial charge in [-0.05, 0) is 18.5 Å². The van der Waals surface area contributed by atoms with Crippen LogP contribution in [0.5, 0.6) is 0 Å². The molecule has 106 valence electrons. The molecule has 0 aliphatic carbocycles. The third-order valence-electron chi connectivity index (χ3n) is 3.46. The van der Waals surface area contributed by atoms with Gasteiger partial charge >= 0.3 is 0 Å². The Kier molecular flexibility index (Phi) is 20.1. The molecular formula is C15H34BrP. The van der Waals surface area contributed by atoms with Crippen LogP contribution in [0.3, 0.4) is 0 Å². The summed E-state index contributed by atoms with van der Waals surface area (Å²) in [5, 5.41) is 0. The summed E-state index contributed by atoms with van der Waals surface area (Å²) < 4.78 is 0. The third-order valence-corrected chi connectivity index (χ3v) is 3.79. The molecule has 0 bridgehead atoms. The van der Waals surface area contributed by atoms with E-state index in [9.17, 15) is 0 Å². The summed E-state index contributed by atoms with van der Waals surface area (Å²) in [5.74, 6) is 0.946. The van der Waals surface area contributed by atoms with Gasteiger partial charge in [-0.2, -0.15) is 0 Å². The first-order valence-corrected chi connectivity index (χ1v) is 8.33. The first-order chi connectivity index (χ1) is 7.81. The summed E-state index contributed by atoms with van der Waals surface area (Å²) in [6.45, 7) is 4.69. The molecule has 0 saturated carbocycles. The Bertz CT molecular complexity index is 128. The highest BCUT2D eigenvalue weighted by Gasteiger charge is 1.99. The summed E-state index contributed by atoms with van der Waals surface area (Å²) in [6, 6.07) is 0. The highest BCUT2D eigenvalue weighted by Crippen LogP contribution is 2.16. The second kappa shape index (κ2) is 16.9. The highest BCUT2D eigenvalue weighted by atomic mass is 79.9. The van der Waals surface area contributed by atoms with Crippen LogP contribution in [0.4, 0.5) is 0 Å². The second-order valence-corrected chi connectivity index (χ2v) is 5.88. The number of halogens is 1. The molecule has 0 nitrogen and oxygen atoms in total. The molecule has 0 rings (SSSR count). The topological polar surface area (TPSA) is 0 Å². The molecule has 0 fully saturated rings. The lowest BCUT2D eigenvalue weighted by molar-refractivity contribution is 0.472. The van der Waals surface area contributed by atoms with Gasteiger partial charge in [-0.15, -0.1) is 26.2 Å². The Hall–Kier alpha value is 0.910. The van der Waals surface area contributed by atoms with E-state index < -0.39 is 0 Å². The van der Waals surface area contributed by atoms with Gasteiger partial charge in [0.15, 0.2) is 0 Å². The van der Waals surface area contributed by atoms with Gasteiger partial charge in [-0.3, -0.25) is 0 Å². The Morgan fingerprint density at radius 3 is 1.71 bits per heavy atom. The molecule has 0 amide bonds. The molecule has 0 heterocycles. The van der Waals surface area contributed by atoms with E-state index in [1.54, 1.807) is 0 Å². The molecule has 0 N–H and O–H groups in total. The Labute approximate surface area is 123 Å². The van der Waals surface area contributed by atoms with E-state index in [1.807, 2.05) is 0 Å². The lowest BCUT2D eigenvalue weighted by Gasteiger charge is -2.09. The number of unbranched alkanes of at least 4 members (excludes halogenated alkanes) is 8. The van der Waals surface area contributed by atoms with Gasteiger partial charge in [-0.1, -0.05) is 78.1 Å². The smallest absolute Gasteiger partial charge is 0.0379 e. The van der Waals surface area contributed by atoms with E-state index in [-0.39, 0.29) is 17.0 Å². The van der Waals surface area contributed by atoms with Gasteiger partial charge in [0.05, 0.1) is 0 Å². The van der Waals surface area contributed by atoms with Gasteiger partial charge in [0, 0.05) is 0 Å². The van der Waals surface area contributed by atoms with Gasteiger partial charge in [-0.25, -0.2) is 0 Å². The van der Waals surface area contributed by atoms with Crippen molar-refractivity contribution in [2.24, 2.45) is 5.92 Å². The van der Waals surface area contributed by atoms with Crippen molar-refractivity contribution in [3.05, 3.63) is 0 Å². The maximum Gasteiger partial charge on any atom is -0.0379 e. The zero-order chi connectivity index (χ0) is 12.1. The number of hydrogen-bond acceptors (Lipinski definition) is 0. The summed E-state index contributed by atoms with van der Waals surface area (Å²) in [4.78, 5) is 0. The average Bonchev–Trinajstić information content (AvgIpc) is 2.27. The number of rotatable bonds is 12. The third kappa shape index (κ3) is 16.9. The monoisotopic (exact) mass is 324 g/mol. The fourth-order valence-electron chi connectivity index (χ4n) is 2.23. The molecule has 0 spiro atoms. The highest BCUT2D eigenvalue weighted by molar-refractivity contribution is 8.93. The van der Waals surface area contributed by atoms with Crippen molar-refractivity contribution < 1.29 is 0 Å². The van der Waals surface area contributed by atoms with E-state index in [0.29, 0.717) is 0 Å². The average molecular weight is 325 g/mol. The zero-order valence-corrected chi connectivity index (χ0v) is 14.9. The standard InChI is InChI=1S/C15H33P.BrH/c1-3-4-5-6-7-8-9-10-11-12-15(2)13-14-16;/h15H,3-14,16H2,1-2H3;1H. The molecule has 17 heavy (non-hydrogen) atoms. The lowest BCUT2D eigenvalue weighted by atomic mass is 9.99. The summed E-state index contributed by atoms with van der Waals surface area (Å²) in [6.07, 6.45) is 17.2. The van der Waals surface area contributed by atoms with Gasteiger partial charge < -0.3 is 0 Å². The molecule has 0 aliphatic heterocycles. The van der Waals surface area contributed by atoms with Crippen LogP contribution in [0.25, 0.3) is 0 Å². The first-order valence-electron chi connectivity index (χ1n) is 7.51. The Morgan fingerprint density at radius 1 is 0.765 bits per heavy atom. The van der Waals surface area contributed by atoms with Crippen molar-refractivity contribution in [3.8, 4) is 0 Å². The number of hydrogen-bond donors (Lipinski definition) is 0. The van der Waals surface area contributed by atoms with Gasteiger partial charge in [0.1, 0.15) is 0 Å². The molecule has 2 unspecified atom stereocenters. The van der Waals surface area contributed by atoms with Gasteiger partial charge in [0.2, 0.25) is 0 Å². The van der Waals surface area contributed by atoms with Crippen molar-refractivity contribution in [2.45, 2.75) is 84.5 Å². The molecule has 0 aromatic carbocycles. The summed E-state index contributed by atoms with van der Waals surface area (Å²) in [7, 11) is 2.84. The van der Waals surface area contributed by atoms with Crippen LogP contribution in [-0.4, -0.2) is 6.16 Å². The minimum atomic E-state index is 0. The van der Waals surface area contributed by atoms with E-state index in [4.69, 9.17) is 0 Å². The fourth-order valence-corrected chi connectivity index (χ4v) is 2.80. The Balaban J connectivity index is 0. The van der Waals surface area contributed by atoms with Crippen LogP contribution in [-0.2, 0) is 0 Å². The second-order valence-electron chi connectivity index (χ2n) is 5.30. The molecule has 0 aliphatic rings. The SMILES string of the molecule is Br.CCCCCCCCCCCC(C)CCP. The van der Waals surface area contributed by atoms with Crippen LogP contribution in [0.15, 0.2) is 0 Å². The molecular weight excluding hydrogens is 291 g/mol. The van der Waals surface area contributed by atoms with E-state index >= 15 is 0 Å². The van der Waals surface area contributed by atoms with Crippen LogP contribution in [0.2, 0.25) is 0 Å². The molecule has 0 aromatic heterocycles. The van der Waals surface area contributed by atoms with Crippen LogP contribution >= 0.6 is 26.2 Å². The fraction of sp³-hybridized carbons (Fsp3) is 1.00. The van der Waals surface area contributed by atoms with E-state index in [2.05, 4.69) is 23.1 Å². The van der Waals surface area contributed by atoms with Crippen LogP contribution < -0.4 is 0 Å². The minimum Gasteiger partial charge on any atom is -0.138 e. The molecule has 2 atom stereocenters. The van der Waals surface area contributed by atoms with Crippen molar-refractivity contribution in [3.63, 3.8) is 0 Å². The molecule has 0 radical (unpaired) electrons. The molecule has 2 heteroatoms. The summed E-state index contributed by atoms with van der Waals surface area (Å²) in [5.41, 5.74) is 0. The normalized spacial score (nSPS) is 12.2. The predicted octanol–water partition coefficient (Wildman–Crippen LogP) is 6.39. The first kappa shape index (κ1) is 20.2. The van der Waals surface area contributed by atoms with Crippen molar-refractivity contribution in [2.75, 3.05) is 6.16 Å². The molecule has 0 saturated heterocycles. The molecule has 0 aromatic rings. The summed E-state index contributed by atoms with van der Waals surface area (Å²) >= 11 is 0. The van der Waals surface area contributed by atoms with Crippen molar-refractivity contribution in [1.29, 1.82) is 0 Å². The maximum absolute atomic E-state index is 2.84. The van der Waals surface area contributed by atoms with Crippen molar-refractivity contribution >= 4 is 26.2 Å². The lowest BCUT2D eigenvalue weighted by Crippen LogP contribution is -1.95. The van der Waals surface area contributed by atoms with E-state index in [0.717, 1.165) is 5.92 Å². The Morgan fingerprint density at radius 2 is 1.24 bits per heavy atom.